The Kier molecular flexibility index (Phi) is 5.90. The molecule has 126 valence electrons. The molecule has 1 fully saturated rings. The fraction of sp³-hybridized carbons (Fsp3) is 0.412. The molecule has 0 saturated heterocycles. The lowest BCUT2D eigenvalue weighted by molar-refractivity contribution is -0.127. The van der Waals surface area contributed by atoms with Crippen molar-refractivity contribution in [3.8, 4) is 6.07 Å². The first-order chi connectivity index (χ1) is 11.5. The normalized spacial score (nSPS) is 15.2. The van der Waals surface area contributed by atoms with Crippen LogP contribution < -0.4 is 10.6 Å². The van der Waals surface area contributed by atoms with Crippen molar-refractivity contribution in [1.29, 1.82) is 5.26 Å². The van der Waals surface area contributed by atoms with E-state index in [4.69, 9.17) is 10.00 Å². The molecule has 0 aliphatic heterocycles. The van der Waals surface area contributed by atoms with Gasteiger partial charge in [0.15, 0.2) is 6.10 Å². The van der Waals surface area contributed by atoms with Crippen LogP contribution in [-0.4, -0.2) is 30.1 Å². The first-order valence-corrected chi connectivity index (χ1v) is 7.82. The molecule has 1 aromatic carbocycles. The molecule has 2 rings (SSSR count). The number of nitriles is 1. The van der Waals surface area contributed by atoms with Crippen molar-refractivity contribution < 1.29 is 19.1 Å². The predicted octanol–water partition coefficient (Wildman–Crippen LogP) is 1.87. The van der Waals surface area contributed by atoms with Crippen molar-refractivity contribution in [3.05, 3.63) is 35.4 Å². The van der Waals surface area contributed by atoms with E-state index >= 15 is 0 Å². The number of nitrogens with one attached hydrogen (secondary N) is 2. The average Bonchev–Trinajstić information content (AvgIpc) is 3.07. The van der Waals surface area contributed by atoms with Gasteiger partial charge in [-0.1, -0.05) is 12.8 Å². The molecule has 1 aromatic rings. The van der Waals surface area contributed by atoms with Gasteiger partial charge in [0.25, 0.3) is 5.91 Å². The number of imide groups is 1. The zero-order chi connectivity index (χ0) is 17.5. The van der Waals surface area contributed by atoms with Crippen LogP contribution in [0.1, 0.15) is 48.5 Å². The summed E-state index contributed by atoms with van der Waals surface area (Å²) < 4.78 is 5.03. The summed E-state index contributed by atoms with van der Waals surface area (Å²) in [4.78, 5) is 35.6. The maximum absolute atomic E-state index is 11.9. The quantitative estimate of drug-likeness (QED) is 0.820. The van der Waals surface area contributed by atoms with Gasteiger partial charge in [-0.15, -0.1) is 0 Å². The number of rotatable bonds is 4. The van der Waals surface area contributed by atoms with Gasteiger partial charge in [0.05, 0.1) is 17.2 Å². The van der Waals surface area contributed by atoms with Crippen LogP contribution in [0.5, 0.6) is 0 Å². The summed E-state index contributed by atoms with van der Waals surface area (Å²) in [5, 5.41) is 13.6. The van der Waals surface area contributed by atoms with Crippen LogP contribution in [-0.2, 0) is 9.53 Å². The molecule has 1 aliphatic carbocycles. The maximum atomic E-state index is 11.9. The van der Waals surface area contributed by atoms with E-state index in [1.165, 1.54) is 31.2 Å². The van der Waals surface area contributed by atoms with Crippen LogP contribution in [0.15, 0.2) is 24.3 Å². The third-order valence-corrected chi connectivity index (χ3v) is 3.83. The van der Waals surface area contributed by atoms with Gasteiger partial charge >= 0.3 is 12.0 Å². The molecule has 24 heavy (non-hydrogen) atoms. The summed E-state index contributed by atoms with van der Waals surface area (Å²) in [6.07, 6.45) is 2.84. The Hall–Kier alpha value is -2.88. The Balaban J connectivity index is 1.82. The van der Waals surface area contributed by atoms with Gasteiger partial charge in [0, 0.05) is 6.04 Å². The Morgan fingerprint density at radius 3 is 2.42 bits per heavy atom. The van der Waals surface area contributed by atoms with E-state index in [1.54, 1.807) is 0 Å². The molecule has 0 radical (unpaired) electrons. The number of benzene rings is 1. The molecule has 0 aromatic heterocycles. The summed E-state index contributed by atoms with van der Waals surface area (Å²) in [5.74, 6) is -1.38. The number of nitrogens with zero attached hydrogens (tertiary/aromatic N) is 1. The molecule has 0 bridgehead atoms. The van der Waals surface area contributed by atoms with E-state index in [1.807, 2.05) is 6.07 Å². The lowest BCUT2D eigenvalue weighted by Crippen LogP contribution is -2.47. The Bertz CT molecular complexity index is 657. The third kappa shape index (κ3) is 4.81. The minimum absolute atomic E-state index is 0.0919. The van der Waals surface area contributed by atoms with Gasteiger partial charge in [0.2, 0.25) is 0 Å². The number of esters is 1. The number of hydrogen-bond acceptors (Lipinski definition) is 5. The fourth-order valence-corrected chi connectivity index (χ4v) is 2.47. The van der Waals surface area contributed by atoms with Gasteiger partial charge < -0.3 is 10.1 Å². The van der Waals surface area contributed by atoms with Crippen molar-refractivity contribution in [2.45, 2.75) is 44.8 Å². The lowest BCUT2D eigenvalue weighted by Gasteiger charge is -2.15. The predicted molar refractivity (Wildman–Crippen MR) is 85.0 cm³/mol. The zero-order valence-corrected chi connectivity index (χ0v) is 13.4. The van der Waals surface area contributed by atoms with Crippen LogP contribution in [0.25, 0.3) is 0 Å². The van der Waals surface area contributed by atoms with Crippen molar-refractivity contribution in [2.75, 3.05) is 0 Å². The van der Waals surface area contributed by atoms with Gasteiger partial charge in [0.1, 0.15) is 0 Å². The topological polar surface area (TPSA) is 108 Å². The van der Waals surface area contributed by atoms with E-state index in [2.05, 4.69) is 10.6 Å². The largest absolute Gasteiger partial charge is 0.449 e. The molecule has 1 saturated carbocycles. The van der Waals surface area contributed by atoms with Gasteiger partial charge in [-0.3, -0.25) is 10.1 Å². The average molecular weight is 329 g/mol. The van der Waals surface area contributed by atoms with E-state index in [9.17, 15) is 14.4 Å². The summed E-state index contributed by atoms with van der Waals surface area (Å²) in [7, 11) is 0. The molecule has 1 unspecified atom stereocenters. The highest BCUT2D eigenvalue weighted by Gasteiger charge is 2.23. The summed E-state index contributed by atoms with van der Waals surface area (Å²) in [6, 6.07) is 7.31. The number of hydrogen-bond donors (Lipinski definition) is 2. The molecule has 1 atom stereocenters. The van der Waals surface area contributed by atoms with Gasteiger partial charge in [-0.2, -0.15) is 5.26 Å². The highest BCUT2D eigenvalue weighted by atomic mass is 16.5. The fourth-order valence-electron chi connectivity index (χ4n) is 2.47. The Labute approximate surface area is 140 Å². The van der Waals surface area contributed by atoms with Crippen molar-refractivity contribution in [3.63, 3.8) is 0 Å². The molecular formula is C17H19N3O4. The van der Waals surface area contributed by atoms with Crippen LogP contribution in [0.3, 0.4) is 0 Å². The molecule has 0 spiro atoms. The van der Waals surface area contributed by atoms with Crippen molar-refractivity contribution >= 4 is 17.9 Å². The van der Waals surface area contributed by atoms with Crippen molar-refractivity contribution in [1.82, 2.24) is 10.6 Å². The molecule has 1 aliphatic rings. The first-order valence-electron chi connectivity index (χ1n) is 7.82. The van der Waals surface area contributed by atoms with Crippen LogP contribution in [0, 0.1) is 11.3 Å². The van der Waals surface area contributed by atoms with Gasteiger partial charge in [-0.25, -0.2) is 9.59 Å². The maximum Gasteiger partial charge on any atom is 0.338 e. The molecule has 3 amide bonds. The van der Waals surface area contributed by atoms with E-state index in [0.29, 0.717) is 5.56 Å². The Morgan fingerprint density at radius 2 is 1.83 bits per heavy atom. The van der Waals surface area contributed by atoms with Crippen LogP contribution in [0.2, 0.25) is 0 Å². The number of amides is 3. The Morgan fingerprint density at radius 1 is 1.21 bits per heavy atom. The number of carbonyl (C=O) groups excluding carboxylic acids is 3. The summed E-state index contributed by atoms with van der Waals surface area (Å²) in [5.41, 5.74) is 0.644. The second-order valence-corrected chi connectivity index (χ2v) is 5.68. The number of carbonyl (C=O) groups is 3. The van der Waals surface area contributed by atoms with Crippen molar-refractivity contribution in [2.24, 2.45) is 0 Å². The second-order valence-electron chi connectivity index (χ2n) is 5.68. The highest BCUT2D eigenvalue weighted by Crippen LogP contribution is 2.17. The van der Waals surface area contributed by atoms with Gasteiger partial charge in [-0.05, 0) is 44.0 Å². The molecule has 2 N–H and O–H groups in total. The minimum Gasteiger partial charge on any atom is -0.449 e. The first kappa shape index (κ1) is 17.5. The summed E-state index contributed by atoms with van der Waals surface area (Å²) >= 11 is 0. The smallest absolute Gasteiger partial charge is 0.338 e. The van der Waals surface area contributed by atoms with E-state index < -0.39 is 24.0 Å². The standard InChI is InChI=1S/C17H19N3O4/c1-11(15(21)20-17(23)19-14-4-2-3-5-14)24-16(22)13-8-6-12(10-18)7-9-13/h6-9,11,14H,2-5H2,1H3,(H2,19,20,21,23). The van der Waals surface area contributed by atoms with Crippen LogP contribution >= 0.6 is 0 Å². The molecular weight excluding hydrogens is 310 g/mol. The van der Waals surface area contributed by atoms with E-state index in [0.717, 1.165) is 25.7 Å². The molecule has 7 heteroatoms. The van der Waals surface area contributed by atoms with Crippen LogP contribution in [0.4, 0.5) is 4.79 Å². The molecule has 7 nitrogen and oxygen atoms in total. The highest BCUT2D eigenvalue weighted by molar-refractivity contribution is 5.98. The summed E-state index contributed by atoms with van der Waals surface area (Å²) in [6.45, 7) is 1.39. The third-order valence-electron chi connectivity index (χ3n) is 3.83. The SMILES string of the molecule is CC(OC(=O)c1ccc(C#N)cc1)C(=O)NC(=O)NC1CCCC1. The number of urea groups is 1. The number of ether oxygens (including phenoxy) is 1. The zero-order valence-electron chi connectivity index (χ0n) is 13.4. The molecule has 0 heterocycles. The monoisotopic (exact) mass is 329 g/mol. The van der Waals surface area contributed by atoms with E-state index in [-0.39, 0.29) is 11.6 Å². The second kappa shape index (κ2) is 8.11. The lowest BCUT2D eigenvalue weighted by atomic mass is 10.1. The minimum atomic E-state index is -1.11.